The van der Waals surface area contributed by atoms with Gasteiger partial charge < -0.3 is 14.4 Å². The fraction of sp³-hybridized carbons (Fsp3) is 0.500. The van der Waals surface area contributed by atoms with Crippen LogP contribution < -0.4 is 9.64 Å². The van der Waals surface area contributed by atoms with E-state index in [1.54, 1.807) is 6.20 Å². The van der Waals surface area contributed by atoms with Gasteiger partial charge in [0.1, 0.15) is 22.5 Å². The molecule has 1 aliphatic rings. The molecule has 0 radical (unpaired) electrons. The van der Waals surface area contributed by atoms with Crippen molar-refractivity contribution < 1.29 is 9.47 Å². The van der Waals surface area contributed by atoms with Gasteiger partial charge in [0.2, 0.25) is 0 Å². The molecule has 138 valence electrons. The summed E-state index contributed by atoms with van der Waals surface area (Å²) < 4.78 is 13.5. The molecule has 8 heteroatoms. The molecule has 3 aromatic heterocycles. The lowest BCUT2D eigenvalue weighted by atomic mass is 10.2. The van der Waals surface area contributed by atoms with Crippen LogP contribution in [-0.2, 0) is 11.8 Å². The van der Waals surface area contributed by atoms with Crippen LogP contribution in [0, 0.1) is 0 Å². The van der Waals surface area contributed by atoms with E-state index in [4.69, 9.17) is 14.5 Å². The van der Waals surface area contributed by atoms with Crippen molar-refractivity contribution in [3.05, 3.63) is 18.3 Å². The second kappa shape index (κ2) is 6.60. The molecule has 0 saturated carbocycles. The molecule has 0 unspecified atom stereocenters. The van der Waals surface area contributed by atoms with Crippen LogP contribution in [0.3, 0.4) is 0 Å². The summed E-state index contributed by atoms with van der Waals surface area (Å²) in [5.41, 5.74) is 3.30. The Morgan fingerprint density at radius 2 is 2.23 bits per heavy atom. The summed E-state index contributed by atoms with van der Waals surface area (Å²) in [6, 6.07) is 4.17. The first kappa shape index (κ1) is 16.8. The molecule has 8 nitrogen and oxygen atoms in total. The van der Waals surface area contributed by atoms with E-state index in [1.165, 1.54) is 0 Å². The van der Waals surface area contributed by atoms with Crippen molar-refractivity contribution in [1.29, 1.82) is 0 Å². The van der Waals surface area contributed by atoms with Gasteiger partial charge in [0.05, 0.1) is 31.1 Å². The van der Waals surface area contributed by atoms with Gasteiger partial charge in [0, 0.05) is 25.9 Å². The largest absolute Gasteiger partial charge is 0.489 e. The quantitative estimate of drug-likeness (QED) is 0.773. The van der Waals surface area contributed by atoms with Crippen molar-refractivity contribution in [3.8, 4) is 17.1 Å². The smallest absolute Gasteiger partial charge is 0.150 e. The molecule has 1 atom stereocenters. The minimum atomic E-state index is 0.0565. The predicted molar refractivity (Wildman–Crippen MR) is 99.5 cm³/mol. The van der Waals surface area contributed by atoms with Crippen molar-refractivity contribution in [3.63, 3.8) is 0 Å². The standard InChI is InChI=1S/C18H24N6O2/c1-11(2)26-14-9-15(24-7-8-25-10-12(24)3)20-17-16(13-5-6-19-21-13)22-23(4)18(14)17/h5-6,9,11-12H,7-8,10H2,1-4H3,(H,19,21)/t12-/m1/s1. The summed E-state index contributed by atoms with van der Waals surface area (Å²) in [6.45, 7) is 8.39. The molecule has 1 aliphatic heterocycles. The number of pyridine rings is 1. The maximum Gasteiger partial charge on any atom is 0.150 e. The van der Waals surface area contributed by atoms with E-state index < -0.39 is 0 Å². The third-order valence-electron chi connectivity index (χ3n) is 4.52. The number of nitrogens with one attached hydrogen (secondary N) is 1. The highest BCUT2D eigenvalue weighted by Crippen LogP contribution is 2.35. The number of fused-ring (bicyclic) bond motifs is 1. The average molecular weight is 356 g/mol. The molecule has 3 aromatic rings. The first-order valence-electron chi connectivity index (χ1n) is 8.93. The topological polar surface area (TPSA) is 81.1 Å². The summed E-state index contributed by atoms with van der Waals surface area (Å²) in [5.74, 6) is 1.68. The number of hydrogen-bond donors (Lipinski definition) is 1. The van der Waals surface area contributed by atoms with Gasteiger partial charge in [-0.1, -0.05) is 0 Å². The maximum atomic E-state index is 6.12. The highest BCUT2D eigenvalue weighted by Gasteiger charge is 2.25. The van der Waals surface area contributed by atoms with Crippen molar-refractivity contribution in [2.75, 3.05) is 24.7 Å². The molecular formula is C18H24N6O2. The van der Waals surface area contributed by atoms with E-state index in [9.17, 15) is 0 Å². The molecule has 0 amide bonds. The van der Waals surface area contributed by atoms with Gasteiger partial charge >= 0.3 is 0 Å². The lowest BCUT2D eigenvalue weighted by Gasteiger charge is -2.34. The van der Waals surface area contributed by atoms with Crippen LogP contribution in [0.2, 0.25) is 0 Å². The summed E-state index contributed by atoms with van der Waals surface area (Å²) >= 11 is 0. The van der Waals surface area contributed by atoms with Gasteiger partial charge in [-0.05, 0) is 26.8 Å². The Balaban J connectivity index is 1.92. The molecule has 1 N–H and O–H groups in total. The number of aromatic amines is 1. The molecule has 0 aliphatic carbocycles. The van der Waals surface area contributed by atoms with Crippen LogP contribution in [0.1, 0.15) is 20.8 Å². The zero-order valence-corrected chi connectivity index (χ0v) is 15.6. The second-order valence-electron chi connectivity index (χ2n) is 6.90. The van der Waals surface area contributed by atoms with E-state index >= 15 is 0 Å². The van der Waals surface area contributed by atoms with E-state index in [0.717, 1.165) is 40.5 Å². The third-order valence-corrected chi connectivity index (χ3v) is 4.52. The summed E-state index contributed by atoms with van der Waals surface area (Å²) in [6.07, 6.45) is 1.77. The molecule has 1 fully saturated rings. The number of ether oxygens (including phenoxy) is 2. The van der Waals surface area contributed by atoms with E-state index in [2.05, 4.69) is 27.1 Å². The average Bonchev–Trinajstić information content (AvgIpc) is 3.23. The molecule has 4 heterocycles. The lowest BCUT2D eigenvalue weighted by molar-refractivity contribution is 0.0985. The van der Waals surface area contributed by atoms with Gasteiger partial charge in [-0.15, -0.1) is 0 Å². The highest BCUT2D eigenvalue weighted by atomic mass is 16.5. The van der Waals surface area contributed by atoms with Gasteiger partial charge in [-0.25, -0.2) is 4.98 Å². The first-order chi connectivity index (χ1) is 12.5. The van der Waals surface area contributed by atoms with Crippen LogP contribution in [0.15, 0.2) is 18.3 Å². The van der Waals surface area contributed by atoms with Gasteiger partial charge in [-0.3, -0.25) is 9.78 Å². The van der Waals surface area contributed by atoms with Crippen LogP contribution >= 0.6 is 0 Å². The molecule has 4 rings (SSSR count). The first-order valence-corrected chi connectivity index (χ1v) is 8.93. The Kier molecular flexibility index (Phi) is 4.28. The maximum absolute atomic E-state index is 6.12. The summed E-state index contributed by atoms with van der Waals surface area (Å²) in [5, 5.41) is 11.7. The Hall–Kier alpha value is -2.61. The van der Waals surface area contributed by atoms with Crippen LogP contribution in [0.25, 0.3) is 22.4 Å². The summed E-state index contributed by atoms with van der Waals surface area (Å²) in [4.78, 5) is 7.22. The van der Waals surface area contributed by atoms with E-state index in [-0.39, 0.29) is 12.1 Å². The Morgan fingerprint density at radius 1 is 1.38 bits per heavy atom. The van der Waals surface area contributed by atoms with Crippen LogP contribution in [-0.4, -0.2) is 56.9 Å². The second-order valence-corrected chi connectivity index (χ2v) is 6.90. The van der Waals surface area contributed by atoms with Crippen LogP contribution in [0.5, 0.6) is 5.75 Å². The van der Waals surface area contributed by atoms with Gasteiger partial charge in [0.15, 0.2) is 5.75 Å². The van der Waals surface area contributed by atoms with Crippen molar-refractivity contribution in [2.24, 2.45) is 7.05 Å². The fourth-order valence-electron chi connectivity index (χ4n) is 3.35. The van der Waals surface area contributed by atoms with Gasteiger partial charge in [-0.2, -0.15) is 10.2 Å². The zero-order chi connectivity index (χ0) is 18.3. The fourth-order valence-corrected chi connectivity index (χ4v) is 3.35. The number of aryl methyl sites for hydroxylation is 1. The van der Waals surface area contributed by atoms with Crippen molar-refractivity contribution in [1.82, 2.24) is 25.0 Å². The molecule has 0 spiro atoms. The lowest BCUT2D eigenvalue weighted by Crippen LogP contribution is -2.44. The molecule has 26 heavy (non-hydrogen) atoms. The minimum absolute atomic E-state index is 0.0565. The predicted octanol–water partition coefficient (Wildman–Crippen LogP) is 2.37. The molecule has 1 saturated heterocycles. The molecule has 0 aromatic carbocycles. The van der Waals surface area contributed by atoms with Crippen LogP contribution in [0.4, 0.5) is 5.82 Å². The number of anilines is 1. The Morgan fingerprint density at radius 3 is 2.92 bits per heavy atom. The number of nitrogens with zero attached hydrogens (tertiary/aromatic N) is 5. The Bertz CT molecular complexity index is 902. The Labute approximate surface area is 152 Å². The highest BCUT2D eigenvalue weighted by molar-refractivity contribution is 5.94. The molecular weight excluding hydrogens is 332 g/mol. The van der Waals surface area contributed by atoms with Gasteiger partial charge in [0.25, 0.3) is 0 Å². The van der Waals surface area contributed by atoms with Crippen molar-refractivity contribution in [2.45, 2.75) is 32.9 Å². The minimum Gasteiger partial charge on any atom is -0.489 e. The summed E-state index contributed by atoms with van der Waals surface area (Å²) in [7, 11) is 1.91. The van der Waals surface area contributed by atoms with Crippen molar-refractivity contribution >= 4 is 16.9 Å². The number of aromatic nitrogens is 5. The number of hydrogen-bond acceptors (Lipinski definition) is 6. The zero-order valence-electron chi connectivity index (χ0n) is 15.6. The monoisotopic (exact) mass is 356 g/mol. The number of rotatable bonds is 4. The number of H-pyrrole nitrogens is 1. The normalized spacial score (nSPS) is 18.0. The molecule has 0 bridgehead atoms. The third kappa shape index (κ3) is 2.90. The number of morpholine rings is 1. The van der Waals surface area contributed by atoms with E-state index in [1.807, 2.05) is 37.7 Å². The van der Waals surface area contributed by atoms with E-state index in [0.29, 0.717) is 13.2 Å². The SMILES string of the molecule is CC(C)Oc1cc(N2CCOC[C@H]2C)nc2c(-c3ccn[nH]3)nn(C)c12.